The molecule has 0 aliphatic carbocycles. The zero-order chi connectivity index (χ0) is 18.0. The molecule has 0 fully saturated rings. The predicted octanol–water partition coefficient (Wildman–Crippen LogP) is 2.58. The summed E-state index contributed by atoms with van der Waals surface area (Å²) in [5, 5.41) is 16.9. The molecule has 2 rings (SSSR count). The van der Waals surface area contributed by atoms with E-state index in [0.29, 0.717) is 11.4 Å². The molecule has 128 valence electrons. The number of aryl methyl sites for hydroxylation is 2. The number of aromatic hydroxyl groups is 1. The number of nitrogens with one attached hydrogen (secondary N) is 1. The molecule has 8 heteroatoms. The number of benzene rings is 1. The van der Waals surface area contributed by atoms with Crippen molar-refractivity contribution < 1.29 is 19.4 Å². The average Bonchev–Trinajstić information content (AvgIpc) is 2.75. The Morgan fingerprint density at radius 1 is 1.38 bits per heavy atom. The number of nitrogens with zero attached hydrogens (tertiary/aromatic N) is 2. The van der Waals surface area contributed by atoms with E-state index in [-0.39, 0.29) is 16.3 Å². The molecule has 0 bridgehead atoms. The first-order valence-electron chi connectivity index (χ1n) is 7.21. The smallest absolute Gasteiger partial charge is 0.342 e. The van der Waals surface area contributed by atoms with E-state index in [2.05, 4.69) is 10.4 Å². The molecule has 7 nitrogen and oxygen atoms in total. The fourth-order valence-corrected chi connectivity index (χ4v) is 2.30. The average molecular weight is 352 g/mol. The quantitative estimate of drug-likeness (QED) is 0.826. The van der Waals surface area contributed by atoms with Gasteiger partial charge in [-0.1, -0.05) is 11.6 Å². The van der Waals surface area contributed by atoms with Crippen molar-refractivity contribution in [1.29, 1.82) is 0 Å². The van der Waals surface area contributed by atoms with Gasteiger partial charge in [-0.25, -0.2) is 4.79 Å². The minimum absolute atomic E-state index is 0.101. The van der Waals surface area contributed by atoms with Gasteiger partial charge < -0.3 is 15.2 Å². The maximum absolute atomic E-state index is 12.2. The third kappa shape index (κ3) is 3.68. The number of anilines is 1. The number of amides is 1. The number of hydrogen-bond acceptors (Lipinski definition) is 5. The van der Waals surface area contributed by atoms with Crippen LogP contribution in [0.2, 0.25) is 5.02 Å². The number of phenolic OH excluding ortho intramolecular Hbond substituents is 1. The summed E-state index contributed by atoms with van der Waals surface area (Å²) in [6.45, 7) is 5.02. The molecule has 1 heterocycles. The van der Waals surface area contributed by atoms with E-state index in [9.17, 15) is 14.7 Å². The van der Waals surface area contributed by atoms with Crippen LogP contribution >= 0.6 is 11.6 Å². The number of aromatic nitrogens is 2. The van der Waals surface area contributed by atoms with E-state index in [1.54, 1.807) is 18.7 Å². The van der Waals surface area contributed by atoms with Crippen molar-refractivity contribution in [2.45, 2.75) is 26.9 Å². The van der Waals surface area contributed by atoms with Gasteiger partial charge in [0.25, 0.3) is 5.91 Å². The summed E-state index contributed by atoms with van der Waals surface area (Å²) in [6, 6.07) is 4.00. The fourth-order valence-electron chi connectivity index (χ4n) is 2.13. The fraction of sp³-hybridized carbons (Fsp3) is 0.312. The van der Waals surface area contributed by atoms with Crippen LogP contribution in [0.5, 0.6) is 5.75 Å². The Morgan fingerprint density at radius 2 is 2.04 bits per heavy atom. The van der Waals surface area contributed by atoms with Gasteiger partial charge in [0.05, 0.1) is 17.1 Å². The van der Waals surface area contributed by atoms with Crippen molar-refractivity contribution in [1.82, 2.24) is 9.78 Å². The summed E-state index contributed by atoms with van der Waals surface area (Å²) in [6.07, 6.45) is -1.06. The summed E-state index contributed by atoms with van der Waals surface area (Å²) in [5.41, 5.74) is 1.92. The highest BCUT2D eigenvalue weighted by atomic mass is 35.5. The minimum atomic E-state index is -1.06. The van der Waals surface area contributed by atoms with Gasteiger partial charge in [0.15, 0.2) is 6.10 Å². The lowest BCUT2D eigenvalue weighted by Gasteiger charge is -2.14. The molecule has 24 heavy (non-hydrogen) atoms. The highest BCUT2D eigenvalue weighted by molar-refractivity contribution is 6.31. The van der Waals surface area contributed by atoms with E-state index in [0.717, 1.165) is 5.69 Å². The Balaban J connectivity index is 2.08. The first kappa shape index (κ1) is 17.8. The van der Waals surface area contributed by atoms with Gasteiger partial charge in [0.2, 0.25) is 0 Å². The second-order valence-corrected chi connectivity index (χ2v) is 5.80. The Kier molecular flexibility index (Phi) is 5.14. The molecule has 0 saturated heterocycles. The van der Waals surface area contributed by atoms with E-state index in [4.69, 9.17) is 16.3 Å². The third-order valence-corrected chi connectivity index (χ3v) is 3.82. The second-order valence-electron chi connectivity index (χ2n) is 5.37. The highest BCUT2D eigenvalue weighted by Crippen LogP contribution is 2.23. The summed E-state index contributed by atoms with van der Waals surface area (Å²) >= 11 is 5.80. The molecule has 1 amide bonds. The molecule has 1 aromatic carbocycles. The standard InChI is InChI=1S/C16H18ClN3O4/c1-8-14(9(2)20(4)19-8)18-15(22)10(3)24-16(23)12-7-11(17)5-6-13(12)21/h5-7,10,21H,1-4H3,(H,18,22). The molecule has 1 atom stereocenters. The first-order valence-corrected chi connectivity index (χ1v) is 7.59. The number of hydrogen-bond donors (Lipinski definition) is 2. The van der Waals surface area contributed by atoms with Crippen molar-refractivity contribution in [3.63, 3.8) is 0 Å². The monoisotopic (exact) mass is 351 g/mol. The molecule has 2 aromatic rings. The largest absolute Gasteiger partial charge is 0.507 e. The topological polar surface area (TPSA) is 93.5 Å². The van der Waals surface area contributed by atoms with Gasteiger partial charge >= 0.3 is 5.97 Å². The van der Waals surface area contributed by atoms with Gasteiger partial charge in [-0.15, -0.1) is 0 Å². The predicted molar refractivity (Wildman–Crippen MR) is 89.3 cm³/mol. The molecular formula is C16H18ClN3O4. The Hall–Kier alpha value is -2.54. The van der Waals surface area contributed by atoms with Crippen LogP contribution in [-0.2, 0) is 16.6 Å². The van der Waals surface area contributed by atoms with Crippen molar-refractivity contribution in [3.8, 4) is 5.75 Å². The minimum Gasteiger partial charge on any atom is -0.507 e. The molecule has 0 saturated carbocycles. The molecule has 1 unspecified atom stereocenters. The zero-order valence-electron chi connectivity index (χ0n) is 13.8. The lowest BCUT2D eigenvalue weighted by Crippen LogP contribution is -2.30. The Bertz CT molecular complexity index is 801. The Morgan fingerprint density at radius 3 is 2.62 bits per heavy atom. The van der Waals surface area contributed by atoms with Crippen LogP contribution < -0.4 is 5.32 Å². The van der Waals surface area contributed by atoms with Crippen LogP contribution in [0.3, 0.4) is 0 Å². The second kappa shape index (κ2) is 6.92. The van der Waals surface area contributed by atoms with Crippen LogP contribution in [0.4, 0.5) is 5.69 Å². The van der Waals surface area contributed by atoms with Gasteiger partial charge in [-0.3, -0.25) is 9.48 Å². The molecule has 2 N–H and O–H groups in total. The molecule has 0 spiro atoms. The number of halogens is 1. The first-order chi connectivity index (χ1) is 11.2. The van der Waals surface area contributed by atoms with Crippen LogP contribution in [-0.4, -0.2) is 32.9 Å². The van der Waals surface area contributed by atoms with E-state index >= 15 is 0 Å². The normalized spacial score (nSPS) is 11.9. The summed E-state index contributed by atoms with van der Waals surface area (Å²) in [4.78, 5) is 24.3. The number of phenols is 1. The molecule has 1 aromatic heterocycles. The number of esters is 1. The highest BCUT2D eigenvalue weighted by Gasteiger charge is 2.23. The SMILES string of the molecule is Cc1nn(C)c(C)c1NC(=O)C(C)OC(=O)c1cc(Cl)ccc1O. The molecule has 0 aliphatic rings. The van der Waals surface area contributed by atoms with Crippen LogP contribution in [0.1, 0.15) is 28.7 Å². The van der Waals surface area contributed by atoms with Crippen LogP contribution in [0, 0.1) is 13.8 Å². The lowest BCUT2D eigenvalue weighted by atomic mass is 10.2. The summed E-state index contributed by atoms with van der Waals surface area (Å²) in [5.74, 6) is -1.60. The number of ether oxygens (including phenoxy) is 1. The lowest BCUT2D eigenvalue weighted by molar-refractivity contribution is -0.123. The van der Waals surface area contributed by atoms with E-state index in [1.165, 1.54) is 25.1 Å². The third-order valence-electron chi connectivity index (χ3n) is 3.59. The number of carbonyl (C=O) groups is 2. The zero-order valence-corrected chi connectivity index (χ0v) is 14.5. The van der Waals surface area contributed by atoms with E-state index in [1.807, 2.05) is 6.92 Å². The van der Waals surface area contributed by atoms with Gasteiger partial charge in [0, 0.05) is 12.1 Å². The van der Waals surface area contributed by atoms with Gasteiger partial charge in [-0.2, -0.15) is 5.10 Å². The van der Waals surface area contributed by atoms with Crippen LogP contribution in [0.25, 0.3) is 0 Å². The molecular weight excluding hydrogens is 334 g/mol. The van der Waals surface area contributed by atoms with Crippen molar-refractivity contribution >= 4 is 29.2 Å². The Labute approximate surface area is 144 Å². The van der Waals surface area contributed by atoms with Crippen LogP contribution in [0.15, 0.2) is 18.2 Å². The van der Waals surface area contributed by atoms with Crippen molar-refractivity contribution in [2.24, 2.45) is 7.05 Å². The maximum Gasteiger partial charge on any atom is 0.342 e. The number of carbonyl (C=O) groups excluding carboxylic acids is 2. The molecule has 0 radical (unpaired) electrons. The molecule has 0 aliphatic heterocycles. The summed E-state index contributed by atoms with van der Waals surface area (Å²) in [7, 11) is 1.77. The van der Waals surface area contributed by atoms with Gasteiger partial charge in [0.1, 0.15) is 11.3 Å². The van der Waals surface area contributed by atoms with Gasteiger partial charge in [-0.05, 0) is 39.0 Å². The van der Waals surface area contributed by atoms with Crippen molar-refractivity contribution in [2.75, 3.05) is 5.32 Å². The van der Waals surface area contributed by atoms with Crippen molar-refractivity contribution in [3.05, 3.63) is 40.2 Å². The van der Waals surface area contributed by atoms with E-state index < -0.39 is 18.0 Å². The number of rotatable bonds is 4. The maximum atomic E-state index is 12.2. The summed E-state index contributed by atoms with van der Waals surface area (Å²) < 4.78 is 6.74.